The number of hydrogen-bond donors (Lipinski definition) is 1. The van der Waals surface area contributed by atoms with Gasteiger partial charge in [0.05, 0.1) is 5.56 Å². The van der Waals surface area contributed by atoms with E-state index in [9.17, 15) is 4.79 Å². The standard InChI is InChI=1S/C22H21N3O/c1-24(2)17-12-14-18(15-13-17)25-21(16-8-4-3-5-9-16)23-20-11-7-6-10-19(20)22(25)26/h3-15,21,23H,1-2H3. The second kappa shape index (κ2) is 6.56. The van der Waals surface area contributed by atoms with E-state index in [2.05, 4.69) is 5.32 Å². The third-order valence-electron chi connectivity index (χ3n) is 4.69. The molecule has 0 saturated heterocycles. The number of rotatable bonds is 3. The van der Waals surface area contributed by atoms with Crippen molar-refractivity contribution < 1.29 is 4.79 Å². The van der Waals surface area contributed by atoms with Crippen LogP contribution in [0.5, 0.6) is 0 Å². The Hall–Kier alpha value is -3.27. The van der Waals surface area contributed by atoms with Crippen molar-refractivity contribution in [1.29, 1.82) is 0 Å². The van der Waals surface area contributed by atoms with Gasteiger partial charge in [-0.3, -0.25) is 9.69 Å². The average molecular weight is 343 g/mol. The molecule has 1 unspecified atom stereocenters. The van der Waals surface area contributed by atoms with Crippen LogP contribution >= 0.6 is 0 Å². The smallest absolute Gasteiger partial charge is 0.262 e. The van der Waals surface area contributed by atoms with E-state index < -0.39 is 0 Å². The van der Waals surface area contributed by atoms with Gasteiger partial charge in [0.2, 0.25) is 0 Å². The van der Waals surface area contributed by atoms with E-state index in [1.54, 1.807) is 0 Å². The number of anilines is 3. The van der Waals surface area contributed by atoms with E-state index in [1.165, 1.54) is 0 Å². The van der Waals surface area contributed by atoms with Gasteiger partial charge in [0.1, 0.15) is 6.17 Å². The number of nitrogens with one attached hydrogen (secondary N) is 1. The van der Waals surface area contributed by atoms with Crippen LogP contribution in [0.3, 0.4) is 0 Å². The minimum atomic E-state index is -0.246. The Bertz CT molecular complexity index is 920. The van der Waals surface area contributed by atoms with Crippen molar-refractivity contribution in [2.45, 2.75) is 6.17 Å². The summed E-state index contributed by atoms with van der Waals surface area (Å²) in [7, 11) is 4.01. The molecule has 26 heavy (non-hydrogen) atoms. The quantitative estimate of drug-likeness (QED) is 0.759. The highest BCUT2D eigenvalue weighted by Crippen LogP contribution is 2.36. The number of amides is 1. The van der Waals surface area contributed by atoms with Crippen LogP contribution in [0.1, 0.15) is 22.1 Å². The molecule has 1 heterocycles. The molecule has 4 rings (SSSR count). The maximum Gasteiger partial charge on any atom is 0.262 e. The van der Waals surface area contributed by atoms with Crippen LogP contribution in [0, 0.1) is 0 Å². The third-order valence-corrected chi connectivity index (χ3v) is 4.69. The lowest BCUT2D eigenvalue weighted by Gasteiger charge is -2.38. The average Bonchev–Trinajstić information content (AvgIpc) is 2.69. The molecule has 130 valence electrons. The molecule has 0 radical (unpaired) electrons. The number of carbonyl (C=O) groups is 1. The number of benzene rings is 3. The molecule has 0 fully saturated rings. The normalized spacial score (nSPS) is 16.0. The molecule has 0 bridgehead atoms. The fraction of sp³-hybridized carbons (Fsp3) is 0.136. The summed E-state index contributed by atoms with van der Waals surface area (Å²) >= 11 is 0. The SMILES string of the molecule is CN(C)c1ccc(N2C(=O)c3ccccc3NC2c2ccccc2)cc1. The molecule has 1 aliphatic rings. The molecule has 3 aromatic rings. The second-order valence-electron chi connectivity index (χ2n) is 6.59. The Balaban J connectivity index is 1.81. The van der Waals surface area contributed by atoms with Crippen LogP contribution in [0.15, 0.2) is 78.9 Å². The molecular weight excluding hydrogens is 322 g/mol. The maximum atomic E-state index is 13.3. The van der Waals surface area contributed by atoms with E-state index >= 15 is 0 Å². The van der Waals surface area contributed by atoms with Crippen molar-refractivity contribution in [2.75, 3.05) is 29.2 Å². The molecule has 3 aromatic carbocycles. The molecular formula is C22H21N3O. The summed E-state index contributed by atoms with van der Waals surface area (Å²) in [6.07, 6.45) is -0.246. The zero-order valence-electron chi connectivity index (χ0n) is 14.9. The summed E-state index contributed by atoms with van der Waals surface area (Å²) in [5.74, 6) is 0.00538. The number of nitrogens with zero attached hydrogens (tertiary/aromatic N) is 2. The van der Waals surface area contributed by atoms with Crippen LogP contribution in [-0.2, 0) is 0 Å². The Labute approximate surface area is 153 Å². The van der Waals surface area contributed by atoms with Gasteiger partial charge in [-0.15, -0.1) is 0 Å². The van der Waals surface area contributed by atoms with Gasteiger partial charge < -0.3 is 10.2 Å². The Morgan fingerprint density at radius 2 is 1.50 bits per heavy atom. The van der Waals surface area contributed by atoms with E-state index in [0.717, 1.165) is 22.6 Å². The van der Waals surface area contributed by atoms with Gasteiger partial charge in [-0.25, -0.2) is 0 Å². The highest BCUT2D eigenvalue weighted by atomic mass is 16.2. The molecule has 1 N–H and O–H groups in total. The summed E-state index contributed by atoms with van der Waals surface area (Å²) in [5.41, 5.74) is 4.58. The topological polar surface area (TPSA) is 35.6 Å². The van der Waals surface area contributed by atoms with E-state index in [0.29, 0.717) is 5.56 Å². The van der Waals surface area contributed by atoms with Gasteiger partial charge in [0, 0.05) is 31.2 Å². The van der Waals surface area contributed by atoms with Gasteiger partial charge in [-0.2, -0.15) is 0 Å². The molecule has 0 spiro atoms. The fourth-order valence-corrected chi connectivity index (χ4v) is 3.30. The van der Waals surface area contributed by atoms with Gasteiger partial charge in [0.25, 0.3) is 5.91 Å². The summed E-state index contributed by atoms with van der Waals surface area (Å²) in [4.78, 5) is 17.2. The van der Waals surface area contributed by atoms with E-state index in [-0.39, 0.29) is 12.1 Å². The molecule has 0 saturated carbocycles. The number of carbonyl (C=O) groups excluding carboxylic acids is 1. The number of fused-ring (bicyclic) bond motifs is 1. The van der Waals surface area contributed by atoms with Crippen LogP contribution in [0.4, 0.5) is 17.1 Å². The van der Waals surface area contributed by atoms with Crippen molar-refractivity contribution in [3.63, 3.8) is 0 Å². The zero-order chi connectivity index (χ0) is 18.1. The molecule has 1 atom stereocenters. The molecule has 1 amide bonds. The number of para-hydroxylation sites is 1. The van der Waals surface area contributed by atoms with Gasteiger partial charge >= 0.3 is 0 Å². The van der Waals surface area contributed by atoms with Crippen LogP contribution in [0.2, 0.25) is 0 Å². The van der Waals surface area contributed by atoms with Gasteiger partial charge in [-0.1, -0.05) is 42.5 Å². The van der Waals surface area contributed by atoms with Crippen molar-refractivity contribution in [3.8, 4) is 0 Å². The summed E-state index contributed by atoms with van der Waals surface area (Å²) in [5, 5.41) is 3.52. The van der Waals surface area contributed by atoms with Gasteiger partial charge in [-0.05, 0) is 42.0 Å². The second-order valence-corrected chi connectivity index (χ2v) is 6.59. The first-order chi connectivity index (χ1) is 12.6. The largest absolute Gasteiger partial charge is 0.378 e. The lowest BCUT2D eigenvalue weighted by molar-refractivity contribution is 0.0975. The molecule has 0 aromatic heterocycles. The first kappa shape index (κ1) is 16.2. The highest BCUT2D eigenvalue weighted by Gasteiger charge is 2.33. The maximum absolute atomic E-state index is 13.3. The van der Waals surface area contributed by atoms with Crippen LogP contribution in [0.25, 0.3) is 0 Å². The first-order valence-corrected chi connectivity index (χ1v) is 8.66. The monoisotopic (exact) mass is 343 g/mol. The Morgan fingerprint density at radius 3 is 2.19 bits per heavy atom. The lowest BCUT2D eigenvalue weighted by atomic mass is 10.0. The highest BCUT2D eigenvalue weighted by molar-refractivity contribution is 6.12. The summed E-state index contributed by atoms with van der Waals surface area (Å²) in [6.45, 7) is 0. The van der Waals surface area contributed by atoms with Crippen molar-refractivity contribution in [1.82, 2.24) is 0 Å². The number of hydrogen-bond acceptors (Lipinski definition) is 3. The lowest BCUT2D eigenvalue weighted by Crippen LogP contribution is -2.43. The minimum absolute atomic E-state index is 0.00538. The van der Waals surface area contributed by atoms with Crippen molar-refractivity contribution >= 4 is 23.0 Å². The predicted molar refractivity (Wildman–Crippen MR) is 107 cm³/mol. The Morgan fingerprint density at radius 1 is 0.846 bits per heavy atom. The van der Waals surface area contributed by atoms with Crippen molar-refractivity contribution in [2.24, 2.45) is 0 Å². The fourth-order valence-electron chi connectivity index (χ4n) is 3.30. The molecule has 1 aliphatic heterocycles. The minimum Gasteiger partial charge on any atom is -0.378 e. The van der Waals surface area contributed by atoms with E-state index in [4.69, 9.17) is 0 Å². The van der Waals surface area contributed by atoms with E-state index in [1.807, 2.05) is 103 Å². The van der Waals surface area contributed by atoms with Crippen molar-refractivity contribution in [3.05, 3.63) is 90.0 Å². The summed E-state index contributed by atoms with van der Waals surface area (Å²) < 4.78 is 0. The molecule has 4 nitrogen and oxygen atoms in total. The summed E-state index contributed by atoms with van der Waals surface area (Å²) in [6, 6.07) is 25.8. The molecule has 0 aliphatic carbocycles. The van der Waals surface area contributed by atoms with Gasteiger partial charge in [0.15, 0.2) is 0 Å². The Kier molecular flexibility index (Phi) is 4.09. The van der Waals surface area contributed by atoms with Crippen LogP contribution in [-0.4, -0.2) is 20.0 Å². The predicted octanol–water partition coefficient (Wildman–Crippen LogP) is 4.52. The zero-order valence-corrected chi connectivity index (χ0v) is 14.9. The third kappa shape index (κ3) is 2.80. The van der Waals surface area contributed by atoms with Crippen LogP contribution < -0.4 is 15.1 Å². The first-order valence-electron chi connectivity index (χ1n) is 8.66. The molecule has 4 heteroatoms.